The maximum atomic E-state index is 16.8. The molecule has 51 heavy (non-hydrogen) atoms. The third-order valence-electron chi connectivity index (χ3n) is 11.2. The second kappa shape index (κ2) is 13.4. The van der Waals surface area contributed by atoms with Gasteiger partial charge in [0, 0.05) is 72.8 Å². The molecule has 8 rings (SSSR count). The maximum absolute atomic E-state index is 16.8. The summed E-state index contributed by atoms with van der Waals surface area (Å²) in [5.74, 6) is -0.944. The lowest BCUT2D eigenvalue weighted by atomic mass is 9.95. The third kappa shape index (κ3) is 6.25. The first kappa shape index (κ1) is 34.0. The van der Waals surface area contributed by atoms with Crippen LogP contribution in [-0.2, 0) is 4.79 Å². The maximum Gasteiger partial charge on any atom is 0.434 e. The molecule has 4 saturated heterocycles. The number of ether oxygens (including phenoxy) is 1. The van der Waals surface area contributed by atoms with Gasteiger partial charge in [0.2, 0.25) is 5.91 Å². The number of hydrogen-bond acceptors (Lipinski definition) is 7. The Balaban J connectivity index is 1.15. The zero-order chi connectivity index (χ0) is 35.4. The van der Waals surface area contributed by atoms with Crippen LogP contribution in [0.5, 0.6) is 6.01 Å². The number of halogens is 4. The van der Waals surface area contributed by atoms with Crippen molar-refractivity contribution < 1.29 is 27.3 Å². The van der Waals surface area contributed by atoms with Gasteiger partial charge in [-0.05, 0) is 50.7 Å². The molecular weight excluding hydrogens is 679 g/mol. The van der Waals surface area contributed by atoms with E-state index < -0.39 is 23.3 Å². The molecule has 2 unspecified atom stereocenters. The van der Waals surface area contributed by atoms with Gasteiger partial charge in [-0.1, -0.05) is 41.9 Å². The van der Waals surface area contributed by atoms with Crippen molar-refractivity contribution >= 4 is 51.2 Å². The van der Waals surface area contributed by atoms with Crippen molar-refractivity contribution in [3.05, 3.63) is 65.3 Å². The molecule has 9 nitrogen and oxygen atoms in total. The standard InChI is InChI=1S/C38H40ClF3N7O2/c1-46-15-12-26(46)8-10-30(50)48-16-11-23(20-48)19-47(2)36-28-18-43-34(27-6-3-5-24-7-9-29(41)32(39)31(24)27)33(42)35(28)44-37(45-36)51-22-38-13-4-14-49(38)21-25(40)17-38/h3,5-10,18-19,23,25-26H,4,11-17,20-22H2,1-2H3/q+1/b10-8+,47-19-/t23?,25-,26?,38+/m1/s1. The van der Waals surface area contributed by atoms with Crippen molar-refractivity contribution in [2.75, 3.05) is 53.4 Å². The van der Waals surface area contributed by atoms with E-state index in [2.05, 4.69) is 19.8 Å². The van der Waals surface area contributed by atoms with Gasteiger partial charge in [0.05, 0.1) is 23.8 Å². The predicted octanol–water partition coefficient (Wildman–Crippen LogP) is 6.19. The Morgan fingerprint density at radius 1 is 1.14 bits per heavy atom. The largest absolute Gasteiger partial charge is 0.443 e. The Kier molecular flexibility index (Phi) is 8.96. The molecule has 0 saturated carbocycles. The number of aromatic nitrogens is 3. The Bertz CT molecular complexity index is 2100. The molecule has 266 valence electrons. The van der Waals surface area contributed by atoms with Crippen molar-refractivity contribution in [3.8, 4) is 17.3 Å². The van der Waals surface area contributed by atoms with Crippen LogP contribution in [0.2, 0.25) is 5.02 Å². The van der Waals surface area contributed by atoms with Gasteiger partial charge in [-0.25, -0.2) is 17.7 Å². The van der Waals surface area contributed by atoms with Crippen LogP contribution < -0.4 is 4.74 Å². The highest BCUT2D eigenvalue weighted by Crippen LogP contribution is 2.41. The van der Waals surface area contributed by atoms with Crippen molar-refractivity contribution in [1.29, 1.82) is 0 Å². The van der Waals surface area contributed by atoms with E-state index in [1.165, 1.54) is 12.3 Å². The van der Waals surface area contributed by atoms with Crippen molar-refractivity contribution in [3.63, 3.8) is 0 Å². The number of hydrogen-bond donors (Lipinski definition) is 0. The minimum atomic E-state index is -0.931. The average molecular weight is 719 g/mol. The summed E-state index contributed by atoms with van der Waals surface area (Å²) in [5.41, 5.74) is -0.183. The lowest BCUT2D eigenvalue weighted by Gasteiger charge is -2.35. The molecule has 4 fully saturated rings. The Morgan fingerprint density at radius 3 is 2.80 bits per heavy atom. The van der Waals surface area contributed by atoms with Gasteiger partial charge < -0.3 is 9.64 Å². The van der Waals surface area contributed by atoms with Crippen LogP contribution in [-0.4, -0.2) is 118 Å². The molecular formula is C38H40ClF3N7O2+. The Labute approximate surface area is 299 Å². The molecule has 2 aromatic heterocycles. The molecule has 0 bridgehead atoms. The van der Waals surface area contributed by atoms with Crippen LogP contribution in [0.15, 0.2) is 48.7 Å². The SMILES string of the molecule is CN1CCC1/C=C/C(=O)N1CCC(/C=[N+](/C)c2nc(OC[C@@]34CCCN3C[C@H](F)C4)nc3c(F)c(-c4cccc5ccc(F)c(Cl)c45)ncc23)C1. The Morgan fingerprint density at radius 2 is 2.00 bits per heavy atom. The van der Waals surface area contributed by atoms with Crippen LogP contribution in [0.25, 0.3) is 32.9 Å². The summed E-state index contributed by atoms with van der Waals surface area (Å²) in [4.78, 5) is 33.0. The lowest BCUT2D eigenvalue weighted by Crippen LogP contribution is -2.43. The molecule has 4 aliphatic heterocycles. The van der Waals surface area contributed by atoms with Gasteiger partial charge in [-0.15, -0.1) is 0 Å². The number of pyridine rings is 1. The van der Waals surface area contributed by atoms with Crippen LogP contribution in [0, 0.1) is 17.6 Å². The van der Waals surface area contributed by atoms with E-state index in [0.717, 1.165) is 38.8 Å². The average Bonchev–Trinajstić information content (AvgIpc) is 3.82. The minimum absolute atomic E-state index is 0.00740. The first-order valence-corrected chi connectivity index (χ1v) is 18.0. The number of likely N-dealkylation sites (tertiary alicyclic amines) is 2. The molecule has 0 spiro atoms. The monoisotopic (exact) mass is 718 g/mol. The highest BCUT2D eigenvalue weighted by atomic mass is 35.5. The molecule has 4 aromatic rings. The van der Waals surface area contributed by atoms with E-state index in [0.29, 0.717) is 59.6 Å². The van der Waals surface area contributed by atoms with Crippen LogP contribution >= 0.6 is 11.6 Å². The van der Waals surface area contributed by atoms with Gasteiger partial charge in [0.1, 0.15) is 35.2 Å². The van der Waals surface area contributed by atoms with Crippen LogP contribution in [0.1, 0.15) is 32.1 Å². The van der Waals surface area contributed by atoms with E-state index in [4.69, 9.17) is 21.3 Å². The molecule has 4 aliphatic rings. The number of carbonyl (C=O) groups excluding carboxylic acids is 1. The number of fused-ring (bicyclic) bond motifs is 3. The number of amides is 1. The zero-order valence-corrected chi connectivity index (χ0v) is 29.4. The van der Waals surface area contributed by atoms with E-state index in [-0.39, 0.29) is 40.7 Å². The highest BCUT2D eigenvalue weighted by molar-refractivity contribution is 6.36. The normalized spacial score (nSPS) is 25.7. The molecule has 0 radical (unpaired) electrons. The summed E-state index contributed by atoms with van der Waals surface area (Å²) in [7, 11) is 3.87. The number of benzene rings is 2. The van der Waals surface area contributed by atoms with Crippen molar-refractivity contribution in [2.45, 2.75) is 49.9 Å². The fourth-order valence-electron chi connectivity index (χ4n) is 8.27. The van der Waals surface area contributed by atoms with E-state index in [9.17, 15) is 13.6 Å². The molecule has 4 atom stereocenters. The fraction of sp³-hybridized carbons (Fsp3) is 0.447. The topological polar surface area (TPSA) is 77.7 Å². The fourth-order valence-corrected chi connectivity index (χ4v) is 8.55. The second-order valence-corrected chi connectivity index (χ2v) is 14.8. The summed E-state index contributed by atoms with van der Waals surface area (Å²) >= 11 is 6.42. The number of rotatable bonds is 8. The molecule has 0 N–H and O–H groups in total. The third-order valence-corrected chi connectivity index (χ3v) is 11.5. The summed E-state index contributed by atoms with van der Waals surface area (Å²) in [6.45, 7) is 3.55. The van der Waals surface area contributed by atoms with Crippen LogP contribution in [0.4, 0.5) is 19.0 Å². The summed E-state index contributed by atoms with van der Waals surface area (Å²) in [6, 6.07) is 8.31. The summed E-state index contributed by atoms with van der Waals surface area (Å²) in [5, 5.41) is 1.21. The summed E-state index contributed by atoms with van der Waals surface area (Å²) < 4.78 is 54.0. The quantitative estimate of drug-likeness (QED) is 0.122. The van der Waals surface area contributed by atoms with E-state index in [1.54, 1.807) is 30.3 Å². The zero-order valence-electron chi connectivity index (χ0n) is 28.7. The first-order valence-electron chi connectivity index (χ1n) is 17.6. The Hall–Kier alpha value is -4.13. The second-order valence-electron chi connectivity index (χ2n) is 14.4. The number of likely N-dealkylation sites (N-methyl/N-ethyl adjacent to an activating group) is 1. The molecule has 0 aliphatic carbocycles. The van der Waals surface area contributed by atoms with Crippen molar-refractivity contribution in [2.24, 2.45) is 5.92 Å². The van der Waals surface area contributed by atoms with Gasteiger partial charge in [0.25, 0.3) is 0 Å². The van der Waals surface area contributed by atoms with Gasteiger partial charge in [0.15, 0.2) is 5.82 Å². The van der Waals surface area contributed by atoms with Gasteiger partial charge in [-0.3, -0.25) is 19.6 Å². The van der Waals surface area contributed by atoms with Gasteiger partial charge in [-0.2, -0.15) is 4.98 Å². The molecule has 1 amide bonds. The molecule has 13 heteroatoms. The number of nitrogens with zero attached hydrogens (tertiary/aromatic N) is 7. The smallest absolute Gasteiger partial charge is 0.434 e. The molecule has 2 aromatic carbocycles. The molecule has 6 heterocycles. The number of carbonyl (C=O) groups is 1. The highest BCUT2D eigenvalue weighted by Gasteiger charge is 2.49. The lowest BCUT2D eigenvalue weighted by molar-refractivity contribution is -0.405. The summed E-state index contributed by atoms with van der Waals surface area (Å²) in [6.07, 6.45) is 10.2. The minimum Gasteiger partial charge on any atom is -0.443 e. The predicted molar refractivity (Wildman–Crippen MR) is 191 cm³/mol. The van der Waals surface area contributed by atoms with Crippen LogP contribution in [0.3, 0.4) is 0 Å². The number of alkyl halides is 1. The van der Waals surface area contributed by atoms with E-state index in [1.807, 2.05) is 35.9 Å². The first-order chi connectivity index (χ1) is 24.6. The van der Waals surface area contributed by atoms with Crippen molar-refractivity contribution in [1.82, 2.24) is 29.7 Å². The van der Waals surface area contributed by atoms with Gasteiger partial charge >= 0.3 is 11.8 Å². The van der Waals surface area contributed by atoms with E-state index >= 15 is 4.39 Å².